The van der Waals surface area contributed by atoms with E-state index in [1.165, 1.54) is 12.1 Å². The van der Waals surface area contributed by atoms with Crippen LogP contribution in [0.4, 0.5) is 4.39 Å². The molecule has 0 aliphatic carbocycles. The monoisotopic (exact) mass is 325 g/mol. The topological polar surface area (TPSA) is 46.9 Å². The van der Waals surface area contributed by atoms with Gasteiger partial charge in [0.1, 0.15) is 11.6 Å². The van der Waals surface area contributed by atoms with E-state index in [0.717, 1.165) is 17.8 Å². The minimum Gasteiger partial charge on any atom is -0.350 e. The molecular formula is C19H20FN3O. The highest BCUT2D eigenvalue weighted by Crippen LogP contribution is 2.23. The van der Waals surface area contributed by atoms with E-state index >= 15 is 0 Å². The first kappa shape index (κ1) is 16.2. The van der Waals surface area contributed by atoms with Gasteiger partial charge in [-0.1, -0.05) is 13.0 Å². The first-order chi connectivity index (χ1) is 11.5. The summed E-state index contributed by atoms with van der Waals surface area (Å²) in [5, 5.41) is 2.95. The summed E-state index contributed by atoms with van der Waals surface area (Å²) in [5.41, 5.74) is 2.85. The minimum absolute atomic E-state index is 0.107. The molecule has 0 aliphatic rings. The zero-order chi connectivity index (χ0) is 17.3. The van der Waals surface area contributed by atoms with Gasteiger partial charge in [0.25, 0.3) is 5.91 Å². The van der Waals surface area contributed by atoms with E-state index in [9.17, 15) is 9.18 Å². The van der Waals surface area contributed by atoms with Crippen LogP contribution < -0.4 is 5.32 Å². The summed E-state index contributed by atoms with van der Waals surface area (Å²) in [5.74, 6) is 0.345. The van der Waals surface area contributed by atoms with Gasteiger partial charge in [-0.3, -0.25) is 9.36 Å². The molecule has 4 nitrogen and oxygen atoms in total. The van der Waals surface area contributed by atoms with Crippen molar-refractivity contribution in [3.8, 4) is 5.69 Å². The smallest absolute Gasteiger partial charge is 0.251 e. The van der Waals surface area contributed by atoms with Crippen LogP contribution in [0.2, 0.25) is 0 Å². The second-order valence-electron chi connectivity index (χ2n) is 5.96. The van der Waals surface area contributed by atoms with Gasteiger partial charge in [-0.2, -0.15) is 0 Å². The molecule has 5 heteroatoms. The molecule has 0 bridgehead atoms. The predicted molar refractivity (Wildman–Crippen MR) is 93.0 cm³/mol. The Balaban J connectivity index is 2.03. The van der Waals surface area contributed by atoms with Gasteiger partial charge in [-0.25, -0.2) is 9.37 Å². The molecule has 0 aliphatic heterocycles. The fourth-order valence-electron chi connectivity index (χ4n) is 2.69. The van der Waals surface area contributed by atoms with Crippen LogP contribution >= 0.6 is 0 Å². The highest BCUT2D eigenvalue weighted by atomic mass is 19.1. The molecule has 0 radical (unpaired) electrons. The number of rotatable bonds is 4. The second kappa shape index (κ2) is 6.43. The van der Waals surface area contributed by atoms with Gasteiger partial charge >= 0.3 is 0 Å². The predicted octanol–water partition coefficient (Wildman–Crippen LogP) is 4.00. The summed E-state index contributed by atoms with van der Waals surface area (Å²) in [6.07, 6.45) is 0.876. The van der Waals surface area contributed by atoms with Crippen molar-refractivity contribution < 1.29 is 9.18 Å². The number of amides is 1. The Morgan fingerprint density at radius 2 is 2.08 bits per heavy atom. The van der Waals surface area contributed by atoms with Crippen LogP contribution in [-0.4, -0.2) is 21.5 Å². The number of hydrogen-bond acceptors (Lipinski definition) is 2. The number of aromatic nitrogens is 2. The van der Waals surface area contributed by atoms with Crippen molar-refractivity contribution in [2.24, 2.45) is 0 Å². The molecule has 0 fully saturated rings. The summed E-state index contributed by atoms with van der Waals surface area (Å²) in [6, 6.07) is 11.9. The Labute approximate surface area is 140 Å². The lowest BCUT2D eigenvalue weighted by atomic mass is 10.1. The highest BCUT2D eigenvalue weighted by molar-refractivity contribution is 5.97. The summed E-state index contributed by atoms with van der Waals surface area (Å²) < 4.78 is 15.4. The fraction of sp³-hybridized carbons (Fsp3) is 0.263. The lowest BCUT2D eigenvalue weighted by Gasteiger charge is -2.11. The molecule has 0 spiro atoms. The highest BCUT2D eigenvalue weighted by Gasteiger charge is 2.14. The summed E-state index contributed by atoms with van der Waals surface area (Å²) in [4.78, 5) is 16.8. The molecule has 3 aromatic rings. The molecule has 1 unspecified atom stereocenters. The maximum atomic E-state index is 13.5. The molecule has 1 amide bonds. The van der Waals surface area contributed by atoms with Crippen molar-refractivity contribution in [3.05, 3.63) is 59.7 Å². The number of nitrogens with zero attached hydrogens (tertiary/aromatic N) is 2. The first-order valence-electron chi connectivity index (χ1n) is 8.05. The Morgan fingerprint density at radius 1 is 1.29 bits per heavy atom. The van der Waals surface area contributed by atoms with Gasteiger partial charge in [-0.15, -0.1) is 0 Å². The van der Waals surface area contributed by atoms with Crippen molar-refractivity contribution in [2.75, 3.05) is 0 Å². The molecule has 1 heterocycles. The van der Waals surface area contributed by atoms with Crippen LogP contribution in [0.5, 0.6) is 0 Å². The minimum atomic E-state index is -0.293. The van der Waals surface area contributed by atoms with E-state index < -0.39 is 0 Å². The largest absolute Gasteiger partial charge is 0.350 e. The van der Waals surface area contributed by atoms with E-state index in [1.54, 1.807) is 18.2 Å². The Hall–Kier alpha value is -2.69. The van der Waals surface area contributed by atoms with Crippen LogP contribution in [0.25, 0.3) is 16.7 Å². The summed E-state index contributed by atoms with van der Waals surface area (Å²) in [7, 11) is 0. The van der Waals surface area contributed by atoms with Crippen molar-refractivity contribution >= 4 is 16.9 Å². The van der Waals surface area contributed by atoms with Crippen LogP contribution in [0.1, 0.15) is 36.5 Å². The van der Waals surface area contributed by atoms with Crippen LogP contribution in [0.3, 0.4) is 0 Å². The number of imidazole rings is 1. The van der Waals surface area contributed by atoms with E-state index in [1.807, 2.05) is 37.5 Å². The van der Waals surface area contributed by atoms with Gasteiger partial charge in [0, 0.05) is 11.6 Å². The number of carbonyl (C=O) groups excluding carboxylic acids is 1. The number of fused-ring (bicyclic) bond motifs is 1. The zero-order valence-corrected chi connectivity index (χ0v) is 14.0. The molecule has 24 heavy (non-hydrogen) atoms. The molecule has 2 aromatic carbocycles. The number of nitrogens with one attached hydrogen (secondary N) is 1. The third-order valence-corrected chi connectivity index (χ3v) is 4.14. The average molecular weight is 325 g/mol. The van der Waals surface area contributed by atoms with Gasteiger partial charge in [0.05, 0.1) is 16.7 Å². The Morgan fingerprint density at radius 3 is 2.79 bits per heavy atom. The Bertz CT molecular complexity index is 901. The van der Waals surface area contributed by atoms with E-state index in [4.69, 9.17) is 0 Å². The van der Waals surface area contributed by atoms with Gasteiger partial charge in [-0.05, 0) is 56.7 Å². The number of hydrogen-bond donors (Lipinski definition) is 1. The lowest BCUT2D eigenvalue weighted by Crippen LogP contribution is -2.31. The molecule has 0 saturated carbocycles. The maximum Gasteiger partial charge on any atom is 0.251 e. The standard InChI is InChI=1S/C19H20FN3O/c1-4-12(2)21-19(24)14-8-9-18-17(10-14)22-13(3)23(18)16-7-5-6-15(20)11-16/h5-12H,4H2,1-3H3,(H,21,24). The molecule has 1 aromatic heterocycles. The first-order valence-corrected chi connectivity index (χ1v) is 8.05. The molecule has 0 saturated heterocycles. The SMILES string of the molecule is CCC(C)NC(=O)c1ccc2c(c1)nc(C)n2-c1cccc(F)c1. The van der Waals surface area contributed by atoms with Gasteiger partial charge in [0.2, 0.25) is 0 Å². The quantitative estimate of drug-likeness (QED) is 0.788. The number of benzene rings is 2. The molecular weight excluding hydrogens is 305 g/mol. The number of aryl methyl sites for hydroxylation is 1. The van der Waals surface area contributed by atoms with Crippen molar-refractivity contribution in [1.29, 1.82) is 0 Å². The second-order valence-corrected chi connectivity index (χ2v) is 5.96. The van der Waals surface area contributed by atoms with Gasteiger partial charge < -0.3 is 5.32 Å². The molecule has 3 rings (SSSR count). The van der Waals surface area contributed by atoms with Crippen molar-refractivity contribution in [3.63, 3.8) is 0 Å². The third kappa shape index (κ3) is 3.02. The average Bonchev–Trinajstić information content (AvgIpc) is 2.89. The lowest BCUT2D eigenvalue weighted by molar-refractivity contribution is 0.0939. The van der Waals surface area contributed by atoms with E-state index in [-0.39, 0.29) is 17.8 Å². The maximum absolute atomic E-state index is 13.5. The van der Waals surface area contributed by atoms with E-state index in [0.29, 0.717) is 16.8 Å². The molecule has 1 atom stereocenters. The molecule has 1 N–H and O–H groups in total. The normalized spacial score (nSPS) is 12.3. The van der Waals surface area contributed by atoms with Crippen LogP contribution in [-0.2, 0) is 0 Å². The Kier molecular flexibility index (Phi) is 4.34. The van der Waals surface area contributed by atoms with Crippen molar-refractivity contribution in [2.45, 2.75) is 33.2 Å². The van der Waals surface area contributed by atoms with E-state index in [2.05, 4.69) is 10.3 Å². The van der Waals surface area contributed by atoms with Crippen LogP contribution in [0, 0.1) is 12.7 Å². The number of halogens is 1. The van der Waals surface area contributed by atoms with Gasteiger partial charge in [0.15, 0.2) is 0 Å². The van der Waals surface area contributed by atoms with Crippen LogP contribution in [0.15, 0.2) is 42.5 Å². The van der Waals surface area contributed by atoms with Crippen molar-refractivity contribution in [1.82, 2.24) is 14.9 Å². The number of carbonyl (C=O) groups is 1. The summed E-state index contributed by atoms with van der Waals surface area (Å²) in [6.45, 7) is 5.86. The third-order valence-electron chi connectivity index (χ3n) is 4.14. The zero-order valence-electron chi connectivity index (χ0n) is 14.0. The fourth-order valence-corrected chi connectivity index (χ4v) is 2.69. The summed E-state index contributed by atoms with van der Waals surface area (Å²) >= 11 is 0. The molecule has 124 valence electrons.